The largest absolute Gasteiger partial charge is 0.349 e. The third-order valence-corrected chi connectivity index (χ3v) is 2.84. The number of carbonyl (C=O) groups excluding carboxylic acids is 1. The Hall–Kier alpha value is -1.36. The summed E-state index contributed by atoms with van der Waals surface area (Å²) in [5, 5.41) is 10.3. The Bertz CT molecular complexity index is 355. The number of hydrogen-bond donors (Lipinski definition) is 2. The van der Waals surface area contributed by atoms with E-state index in [2.05, 4.69) is 15.7 Å². The standard InChI is InChI=1S/C11H18N4O/c1-15-7-5-9(14-15)8-13-11(16)10-4-2-3-6-12-10/h5,7,10,12H,2-4,6,8H2,1H3,(H,13,16)/t10-/m1/s1. The molecule has 1 aromatic heterocycles. The molecular weight excluding hydrogens is 204 g/mol. The lowest BCUT2D eigenvalue weighted by atomic mass is 10.0. The van der Waals surface area contributed by atoms with Gasteiger partial charge in [-0.05, 0) is 25.5 Å². The Morgan fingerprint density at radius 2 is 2.56 bits per heavy atom. The van der Waals surface area contributed by atoms with Crippen molar-refractivity contribution in [2.24, 2.45) is 7.05 Å². The first kappa shape index (κ1) is 11.1. The lowest BCUT2D eigenvalue weighted by molar-refractivity contribution is -0.123. The second-order valence-corrected chi connectivity index (χ2v) is 4.20. The van der Waals surface area contributed by atoms with Crippen molar-refractivity contribution in [2.75, 3.05) is 6.54 Å². The number of carbonyl (C=O) groups is 1. The molecule has 5 heteroatoms. The molecule has 1 aromatic rings. The van der Waals surface area contributed by atoms with Crippen molar-refractivity contribution < 1.29 is 4.79 Å². The number of aryl methyl sites for hydroxylation is 1. The molecule has 1 aliphatic rings. The van der Waals surface area contributed by atoms with E-state index in [0.29, 0.717) is 6.54 Å². The minimum absolute atomic E-state index is 0.0162. The first-order valence-electron chi connectivity index (χ1n) is 5.75. The zero-order chi connectivity index (χ0) is 11.4. The van der Waals surface area contributed by atoms with Crippen LogP contribution in [0.4, 0.5) is 0 Å². The van der Waals surface area contributed by atoms with Crippen LogP contribution < -0.4 is 10.6 Å². The van der Waals surface area contributed by atoms with Crippen LogP contribution >= 0.6 is 0 Å². The SMILES string of the molecule is Cn1ccc(CNC(=O)[C@H]2CCCCN2)n1. The smallest absolute Gasteiger partial charge is 0.237 e. The lowest BCUT2D eigenvalue weighted by Crippen LogP contribution is -2.46. The topological polar surface area (TPSA) is 59.0 Å². The highest BCUT2D eigenvalue weighted by Crippen LogP contribution is 2.06. The summed E-state index contributed by atoms with van der Waals surface area (Å²) in [6.45, 7) is 1.46. The van der Waals surface area contributed by atoms with E-state index < -0.39 is 0 Å². The average molecular weight is 222 g/mol. The van der Waals surface area contributed by atoms with Crippen LogP contribution in [0.2, 0.25) is 0 Å². The predicted octanol–water partition coefficient (Wildman–Crippen LogP) is 0.178. The highest BCUT2D eigenvalue weighted by molar-refractivity contribution is 5.81. The molecule has 2 N–H and O–H groups in total. The molecule has 2 rings (SSSR count). The van der Waals surface area contributed by atoms with E-state index in [1.165, 1.54) is 6.42 Å². The zero-order valence-corrected chi connectivity index (χ0v) is 9.57. The third kappa shape index (κ3) is 2.82. The molecule has 0 aliphatic carbocycles. The Morgan fingerprint density at radius 1 is 1.69 bits per heavy atom. The maximum Gasteiger partial charge on any atom is 0.237 e. The summed E-state index contributed by atoms with van der Waals surface area (Å²) >= 11 is 0. The second kappa shape index (κ2) is 5.12. The molecule has 0 bridgehead atoms. The summed E-state index contributed by atoms with van der Waals surface area (Å²) in [5.74, 6) is 0.0883. The molecule has 1 fully saturated rings. The van der Waals surface area contributed by atoms with Crippen molar-refractivity contribution >= 4 is 5.91 Å². The number of hydrogen-bond acceptors (Lipinski definition) is 3. The van der Waals surface area contributed by atoms with E-state index in [4.69, 9.17) is 0 Å². The van der Waals surface area contributed by atoms with E-state index in [9.17, 15) is 4.79 Å². The summed E-state index contributed by atoms with van der Waals surface area (Å²) in [6, 6.07) is 1.90. The van der Waals surface area contributed by atoms with Crippen molar-refractivity contribution in [2.45, 2.75) is 31.8 Å². The maximum absolute atomic E-state index is 11.8. The van der Waals surface area contributed by atoms with Crippen LogP contribution in [0.25, 0.3) is 0 Å². The highest BCUT2D eigenvalue weighted by Gasteiger charge is 2.19. The molecule has 0 aromatic carbocycles. The Balaban J connectivity index is 1.78. The van der Waals surface area contributed by atoms with Crippen molar-refractivity contribution in [3.05, 3.63) is 18.0 Å². The predicted molar refractivity (Wildman–Crippen MR) is 60.7 cm³/mol. The number of amides is 1. The molecular formula is C11H18N4O. The van der Waals surface area contributed by atoms with Gasteiger partial charge < -0.3 is 10.6 Å². The van der Waals surface area contributed by atoms with E-state index in [-0.39, 0.29) is 11.9 Å². The van der Waals surface area contributed by atoms with Crippen molar-refractivity contribution in [1.82, 2.24) is 20.4 Å². The van der Waals surface area contributed by atoms with Gasteiger partial charge in [0, 0.05) is 13.2 Å². The van der Waals surface area contributed by atoms with Crippen LogP contribution in [-0.4, -0.2) is 28.3 Å². The fourth-order valence-corrected chi connectivity index (χ4v) is 1.93. The number of piperidine rings is 1. The number of rotatable bonds is 3. The summed E-state index contributed by atoms with van der Waals surface area (Å²) in [4.78, 5) is 11.8. The van der Waals surface area contributed by atoms with Crippen LogP contribution in [0, 0.1) is 0 Å². The van der Waals surface area contributed by atoms with Gasteiger partial charge in [0.25, 0.3) is 0 Å². The number of nitrogens with zero attached hydrogens (tertiary/aromatic N) is 2. The van der Waals surface area contributed by atoms with Gasteiger partial charge in [0.1, 0.15) is 0 Å². The maximum atomic E-state index is 11.8. The molecule has 5 nitrogen and oxygen atoms in total. The normalized spacial score (nSPS) is 20.7. The molecule has 1 saturated heterocycles. The number of aromatic nitrogens is 2. The van der Waals surface area contributed by atoms with Crippen molar-refractivity contribution in [1.29, 1.82) is 0 Å². The molecule has 1 aliphatic heterocycles. The number of nitrogens with one attached hydrogen (secondary N) is 2. The minimum atomic E-state index is -0.0162. The van der Waals surface area contributed by atoms with Crippen LogP contribution in [0.5, 0.6) is 0 Å². The third-order valence-electron chi connectivity index (χ3n) is 2.84. The molecule has 88 valence electrons. The fraction of sp³-hybridized carbons (Fsp3) is 0.636. The fourth-order valence-electron chi connectivity index (χ4n) is 1.93. The molecule has 1 atom stereocenters. The van der Waals surface area contributed by atoms with Gasteiger partial charge in [-0.1, -0.05) is 6.42 Å². The molecule has 0 spiro atoms. The Kier molecular flexibility index (Phi) is 3.56. The Labute approximate surface area is 95.2 Å². The molecule has 16 heavy (non-hydrogen) atoms. The van der Waals surface area contributed by atoms with Crippen LogP contribution in [-0.2, 0) is 18.4 Å². The van der Waals surface area contributed by atoms with Gasteiger partial charge >= 0.3 is 0 Å². The molecule has 0 radical (unpaired) electrons. The average Bonchev–Trinajstić information content (AvgIpc) is 2.73. The second-order valence-electron chi connectivity index (χ2n) is 4.20. The van der Waals surface area contributed by atoms with E-state index in [0.717, 1.165) is 25.1 Å². The van der Waals surface area contributed by atoms with Crippen molar-refractivity contribution in [3.8, 4) is 0 Å². The quantitative estimate of drug-likeness (QED) is 0.767. The van der Waals surface area contributed by atoms with Gasteiger partial charge in [-0.15, -0.1) is 0 Å². The van der Waals surface area contributed by atoms with E-state index >= 15 is 0 Å². The molecule has 0 saturated carbocycles. The first-order valence-corrected chi connectivity index (χ1v) is 5.75. The van der Waals surface area contributed by atoms with Gasteiger partial charge in [0.15, 0.2) is 0 Å². The van der Waals surface area contributed by atoms with Crippen LogP contribution in [0.3, 0.4) is 0 Å². The summed E-state index contributed by atoms with van der Waals surface area (Å²) in [5.41, 5.74) is 0.895. The summed E-state index contributed by atoms with van der Waals surface area (Å²) in [7, 11) is 1.87. The van der Waals surface area contributed by atoms with Crippen molar-refractivity contribution in [3.63, 3.8) is 0 Å². The van der Waals surface area contributed by atoms with Crippen LogP contribution in [0.1, 0.15) is 25.0 Å². The highest BCUT2D eigenvalue weighted by atomic mass is 16.2. The lowest BCUT2D eigenvalue weighted by Gasteiger charge is -2.22. The first-order chi connectivity index (χ1) is 7.75. The minimum Gasteiger partial charge on any atom is -0.349 e. The zero-order valence-electron chi connectivity index (χ0n) is 9.57. The van der Waals surface area contributed by atoms with Gasteiger partial charge in [-0.2, -0.15) is 5.10 Å². The van der Waals surface area contributed by atoms with E-state index in [1.54, 1.807) is 4.68 Å². The van der Waals surface area contributed by atoms with Gasteiger partial charge in [0.2, 0.25) is 5.91 Å². The molecule has 2 heterocycles. The molecule has 1 amide bonds. The van der Waals surface area contributed by atoms with Gasteiger partial charge in [0.05, 0.1) is 18.3 Å². The van der Waals surface area contributed by atoms with Crippen LogP contribution in [0.15, 0.2) is 12.3 Å². The summed E-state index contributed by atoms with van der Waals surface area (Å²) in [6.07, 6.45) is 5.12. The monoisotopic (exact) mass is 222 g/mol. The van der Waals surface area contributed by atoms with Gasteiger partial charge in [-0.3, -0.25) is 9.48 Å². The Morgan fingerprint density at radius 3 is 3.19 bits per heavy atom. The van der Waals surface area contributed by atoms with Gasteiger partial charge in [-0.25, -0.2) is 0 Å². The molecule has 0 unspecified atom stereocenters. The summed E-state index contributed by atoms with van der Waals surface area (Å²) < 4.78 is 1.74. The van der Waals surface area contributed by atoms with E-state index in [1.807, 2.05) is 19.3 Å².